The van der Waals surface area contributed by atoms with E-state index < -0.39 is 0 Å². The lowest BCUT2D eigenvalue weighted by Gasteiger charge is -2.46. The summed E-state index contributed by atoms with van der Waals surface area (Å²) in [6.45, 7) is 4.36. The number of ether oxygens (including phenoxy) is 3. The number of benzene rings is 1. The molecule has 1 aromatic carbocycles. The number of pyridine rings is 1. The minimum atomic E-state index is -0.314. The number of carbonyl (C=O) groups is 2. The van der Waals surface area contributed by atoms with E-state index in [1.165, 1.54) is 0 Å². The number of likely N-dealkylation sites (tertiary alicyclic amines) is 1. The fraction of sp³-hybridized carbons (Fsp3) is 0.333. The monoisotopic (exact) mass is 595 g/mol. The first-order valence-electron chi connectivity index (χ1n) is 14.4. The van der Waals surface area contributed by atoms with Crippen LogP contribution in [0.4, 0.5) is 5.69 Å². The highest BCUT2D eigenvalue weighted by molar-refractivity contribution is 6.05. The van der Waals surface area contributed by atoms with Crippen molar-refractivity contribution in [1.29, 1.82) is 0 Å². The van der Waals surface area contributed by atoms with E-state index >= 15 is 0 Å². The van der Waals surface area contributed by atoms with Gasteiger partial charge >= 0.3 is 5.97 Å². The second kappa shape index (κ2) is 10.2. The van der Waals surface area contributed by atoms with Gasteiger partial charge in [-0.1, -0.05) is 0 Å². The standard InChI is InChI=1S/C30H29N9O5/c1-42-25-10-21-24(43-8-5-31-21)11-23(25)39-22-9-20(18-14-35-38-6-2-3-32-28(18)38)34-13-19(22)27(36-39)29(41)33-4-7-37-15-30(16-37)12-26(40)44-17-30/h2-3,6,9-11,13-14,31H,4-5,7-8,12,15-17H2,1H3,(H,33,41). The molecule has 1 amide bonds. The van der Waals surface area contributed by atoms with Gasteiger partial charge in [0.25, 0.3) is 5.91 Å². The fourth-order valence-corrected chi connectivity index (χ4v) is 6.32. The summed E-state index contributed by atoms with van der Waals surface area (Å²) in [5, 5.41) is 16.1. The number of carbonyl (C=O) groups excluding carboxylic acids is 2. The van der Waals surface area contributed by atoms with Crippen LogP contribution in [0.2, 0.25) is 0 Å². The van der Waals surface area contributed by atoms with Gasteiger partial charge in [0, 0.05) is 68.9 Å². The second-order valence-corrected chi connectivity index (χ2v) is 11.4. The number of hydrogen-bond acceptors (Lipinski definition) is 11. The van der Waals surface area contributed by atoms with Crippen LogP contribution in [0.3, 0.4) is 0 Å². The smallest absolute Gasteiger partial charge is 0.306 e. The van der Waals surface area contributed by atoms with Gasteiger partial charge < -0.3 is 29.7 Å². The van der Waals surface area contributed by atoms with Crippen molar-refractivity contribution in [2.45, 2.75) is 6.42 Å². The van der Waals surface area contributed by atoms with Gasteiger partial charge in [0.05, 0.1) is 54.2 Å². The van der Waals surface area contributed by atoms with Gasteiger partial charge in [0.1, 0.15) is 23.8 Å². The van der Waals surface area contributed by atoms with Crippen molar-refractivity contribution in [3.63, 3.8) is 0 Å². The summed E-state index contributed by atoms with van der Waals surface area (Å²) in [7, 11) is 1.60. The molecule has 224 valence electrons. The number of methoxy groups -OCH3 is 1. The third kappa shape index (κ3) is 4.37. The van der Waals surface area contributed by atoms with Gasteiger partial charge in [-0.25, -0.2) is 14.2 Å². The Morgan fingerprint density at radius 2 is 2.09 bits per heavy atom. The molecule has 0 bridgehead atoms. The van der Waals surface area contributed by atoms with Crippen molar-refractivity contribution in [3.05, 3.63) is 54.7 Å². The number of amides is 1. The average molecular weight is 596 g/mol. The van der Waals surface area contributed by atoms with E-state index in [-0.39, 0.29) is 23.0 Å². The first-order valence-corrected chi connectivity index (χ1v) is 14.4. The molecule has 8 rings (SSSR count). The van der Waals surface area contributed by atoms with Gasteiger partial charge in [-0.2, -0.15) is 10.2 Å². The quantitative estimate of drug-likeness (QED) is 0.266. The molecular formula is C30H29N9O5. The number of anilines is 1. The number of aromatic nitrogens is 6. The van der Waals surface area contributed by atoms with E-state index in [0.29, 0.717) is 78.7 Å². The van der Waals surface area contributed by atoms with Crippen LogP contribution in [0, 0.1) is 5.41 Å². The Bertz CT molecular complexity index is 1940. The van der Waals surface area contributed by atoms with Gasteiger partial charge in [-0.3, -0.25) is 14.6 Å². The number of cyclic esters (lactones) is 1. The van der Waals surface area contributed by atoms with Crippen molar-refractivity contribution in [1.82, 2.24) is 39.6 Å². The highest BCUT2D eigenvalue weighted by atomic mass is 16.5. The largest absolute Gasteiger partial charge is 0.494 e. The molecule has 4 aromatic heterocycles. The Morgan fingerprint density at radius 3 is 2.93 bits per heavy atom. The number of nitrogens with zero attached hydrogens (tertiary/aromatic N) is 7. The lowest BCUT2D eigenvalue weighted by molar-refractivity contribution is -0.137. The molecule has 0 radical (unpaired) electrons. The molecule has 3 aliphatic rings. The van der Waals surface area contributed by atoms with E-state index in [4.69, 9.17) is 24.3 Å². The molecule has 5 aromatic rings. The van der Waals surface area contributed by atoms with Crippen molar-refractivity contribution in [3.8, 4) is 28.4 Å². The predicted molar refractivity (Wildman–Crippen MR) is 158 cm³/mol. The third-order valence-corrected chi connectivity index (χ3v) is 8.41. The molecule has 0 unspecified atom stereocenters. The van der Waals surface area contributed by atoms with Crippen molar-refractivity contribution in [2.75, 3.05) is 58.4 Å². The molecule has 44 heavy (non-hydrogen) atoms. The van der Waals surface area contributed by atoms with Crippen LogP contribution in [0.15, 0.2) is 49.1 Å². The number of rotatable bonds is 7. The second-order valence-electron chi connectivity index (χ2n) is 11.4. The van der Waals surface area contributed by atoms with E-state index in [9.17, 15) is 9.59 Å². The number of fused-ring (bicyclic) bond motifs is 3. The Balaban J connectivity index is 1.14. The lowest BCUT2D eigenvalue weighted by atomic mass is 9.79. The molecule has 1 spiro atoms. The summed E-state index contributed by atoms with van der Waals surface area (Å²) in [6.07, 6.45) is 7.38. The number of nitrogens with one attached hydrogen (secondary N) is 2. The zero-order chi connectivity index (χ0) is 29.8. The summed E-state index contributed by atoms with van der Waals surface area (Å²) >= 11 is 0. The number of hydrogen-bond donors (Lipinski definition) is 2. The molecule has 3 aliphatic heterocycles. The minimum Gasteiger partial charge on any atom is -0.494 e. The summed E-state index contributed by atoms with van der Waals surface area (Å²) in [5.41, 5.74) is 4.33. The Morgan fingerprint density at radius 1 is 1.18 bits per heavy atom. The maximum atomic E-state index is 13.6. The van der Waals surface area contributed by atoms with Crippen LogP contribution in [0.1, 0.15) is 16.9 Å². The Kier molecular flexibility index (Phi) is 6.11. The summed E-state index contributed by atoms with van der Waals surface area (Å²) < 4.78 is 20.2. The van der Waals surface area contributed by atoms with Crippen molar-refractivity contribution in [2.24, 2.45) is 5.41 Å². The van der Waals surface area contributed by atoms with E-state index in [0.717, 1.165) is 24.3 Å². The van der Waals surface area contributed by atoms with E-state index in [2.05, 4.69) is 25.6 Å². The first-order chi connectivity index (χ1) is 21.5. The summed E-state index contributed by atoms with van der Waals surface area (Å²) in [4.78, 5) is 36.5. The summed E-state index contributed by atoms with van der Waals surface area (Å²) in [5.74, 6) is 0.790. The lowest BCUT2D eigenvalue weighted by Crippen LogP contribution is -2.58. The molecule has 2 fully saturated rings. The molecule has 2 saturated heterocycles. The van der Waals surface area contributed by atoms with Crippen molar-refractivity contribution >= 4 is 34.1 Å². The van der Waals surface area contributed by atoms with Crippen LogP contribution in [0.25, 0.3) is 33.5 Å². The van der Waals surface area contributed by atoms with E-state index in [1.807, 2.05) is 30.5 Å². The predicted octanol–water partition coefficient (Wildman–Crippen LogP) is 1.92. The van der Waals surface area contributed by atoms with Gasteiger partial charge in [0.15, 0.2) is 11.3 Å². The molecule has 0 aliphatic carbocycles. The normalized spacial score (nSPS) is 17.2. The summed E-state index contributed by atoms with van der Waals surface area (Å²) in [6, 6.07) is 7.43. The fourth-order valence-electron chi connectivity index (χ4n) is 6.32. The molecule has 14 heteroatoms. The van der Waals surface area contributed by atoms with Crippen LogP contribution < -0.4 is 20.1 Å². The zero-order valence-electron chi connectivity index (χ0n) is 23.9. The molecule has 2 N–H and O–H groups in total. The van der Waals surface area contributed by atoms with Crippen molar-refractivity contribution < 1.29 is 23.8 Å². The topological polar surface area (TPSA) is 150 Å². The average Bonchev–Trinajstić information content (AvgIpc) is 3.75. The SMILES string of the molecule is COc1cc2c(cc1-n1nc(C(=O)NCCN3CC4(COC(=O)C4)C3)c3cnc(-c4cnn5cccnc45)cc31)OCCN2. The molecule has 7 heterocycles. The van der Waals surface area contributed by atoms with E-state index in [1.54, 1.807) is 34.9 Å². The minimum absolute atomic E-state index is 0.0663. The highest BCUT2D eigenvalue weighted by Crippen LogP contribution is 2.39. The highest BCUT2D eigenvalue weighted by Gasteiger charge is 2.49. The Hall–Kier alpha value is -5.24. The molecule has 0 saturated carbocycles. The van der Waals surface area contributed by atoms with Gasteiger partial charge in [0.2, 0.25) is 0 Å². The molecular weight excluding hydrogens is 566 g/mol. The van der Waals surface area contributed by atoms with Crippen LogP contribution in [-0.4, -0.2) is 99.2 Å². The number of esters is 1. The van der Waals surface area contributed by atoms with Crippen LogP contribution in [0.5, 0.6) is 11.5 Å². The maximum Gasteiger partial charge on any atom is 0.306 e. The third-order valence-electron chi connectivity index (χ3n) is 8.41. The zero-order valence-corrected chi connectivity index (χ0v) is 23.9. The maximum absolute atomic E-state index is 13.6. The van der Waals surface area contributed by atoms with Crippen LogP contribution in [-0.2, 0) is 9.53 Å². The van der Waals surface area contributed by atoms with Gasteiger partial charge in [-0.15, -0.1) is 0 Å². The first kappa shape index (κ1) is 26.4. The van der Waals surface area contributed by atoms with Crippen LogP contribution >= 0.6 is 0 Å². The molecule has 14 nitrogen and oxygen atoms in total. The Labute approximate surface area is 250 Å². The van der Waals surface area contributed by atoms with Gasteiger partial charge in [-0.05, 0) is 12.1 Å². The molecule has 0 atom stereocenters.